The van der Waals surface area contributed by atoms with Crippen molar-refractivity contribution in [1.82, 2.24) is 20.4 Å². The average Bonchev–Trinajstić information content (AvgIpc) is 2.97. The van der Waals surface area contributed by atoms with Crippen LogP contribution in [0.25, 0.3) is 0 Å². The van der Waals surface area contributed by atoms with Crippen LogP contribution in [0.3, 0.4) is 0 Å². The van der Waals surface area contributed by atoms with Crippen molar-refractivity contribution in [1.29, 1.82) is 0 Å². The highest BCUT2D eigenvalue weighted by Gasteiger charge is 2.32. The van der Waals surface area contributed by atoms with Crippen LogP contribution in [-0.2, 0) is 19.9 Å². The second kappa shape index (κ2) is 5.03. The number of nitrogens with zero attached hydrogens (tertiary/aromatic N) is 3. The van der Waals surface area contributed by atoms with Crippen molar-refractivity contribution in [2.24, 2.45) is 18.8 Å². The molecule has 0 saturated heterocycles. The van der Waals surface area contributed by atoms with Gasteiger partial charge in [0, 0.05) is 7.05 Å². The van der Waals surface area contributed by atoms with Crippen LogP contribution in [0.2, 0.25) is 0 Å². The lowest BCUT2D eigenvalue weighted by atomic mass is 9.94. The molecule has 0 saturated carbocycles. The highest BCUT2D eigenvalue weighted by molar-refractivity contribution is 9.10. The van der Waals surface area contributed by atoms with Gasteiger partial charge in [-0.2, -0.15) is 0 Å². The fourth-order valence-corrected chi connectivity index (χ4v) is 3.51. The number of hydrogen-bond donors (Lipinski definition) is 2. The third kappa shape index (κ3) is 2.20. The minimum Gasteiger partial charge on any atom is -0.271 e. The molecule has 1 aromatic heterocycles. The van der Waals surface area contributed by atoms with Crippen molar-refractivity contribution < 1.29 is 0 Å². The minimum atomic E-state index is 0.0433. The molecular weight excluding hydrogens is 306 g/mol. The molecule has 1 aromatic carbocycles. The van der Waals surface area contributed by atoms with Gasteiger partial charge in [0.2, 0.25) is 0 Å². The molecular formula is C13H16BrN5. The van der Waals surface area contributed by atoms with E-state index in [1.807, 2.05) is 7.05 Å². The van der Waals surface area contributed by atoms with E-state index in [9.17, 15) is 0 Å². The highest BCUT2D eigenvalue weighted by atomic mass is 79.9. The maximum Gasteiger partial charge on any atom is 0.153 e. The van der Waals surface area contributed by atoms with Gasteiger partial charge in [-0.1, -0.05) is 29.5 Å². The van der Waals surface area contributed by atoms with E-state index in [-0.39, 0.29) is 6.04 Å². The van der Waals surface area contributed by atoms with E-state index in [2.05, 4.69) is 55.9 Å². The topological polar surface area (TPSA) is 68.8 Å². The molecule has 0 radical (unpaired) electrons. The zero-order chi connectivity index (χ0) is 13.4. The summed E-state index contributed by atoms with van der Waals surface area (Å²) in [5.41, 5.74) is 6.76. The van der Waals surface area contributed by atoms with Crippen LogP contribution in [0.1, 0.15) is 22.9 Å². The van der Waals surface area contributed by atoms with Gasteiger partial charge in [-0.05, 0) is 45.8 Å². The summed E-state index contributed by atoms with van der Waals surface area (Å²) in [6, 6.07) is 8.61. The summed E-state index contributed by atoms with van der Waals surface area (Å²) < 4.78 is 2.53. The molecule has 2 aromatic rings. The largest absolute Gasteiger partial charge is 0.271 e. The Labute approximate surface area is 120 Å². The molecule has 0 amide bonds. The first-order valence-corrected chi connectivity index (χ1v) is 7.08. The number of hydrazine groups is 1. The van der Waals surface area contributed by atoms with Crippen LogP contribution in [0.4, 0.5) is 0 Å². The predicted octanol–water partition coefficient (Wildman–Crippen LogP) is 1.50. The van der Waals surface area contributed by atoms with Crippen molar-refractivity contribution in [2.45, 2.75) is 18.9 Å². The van der Waals surface area contributed by atoms with Crippen molar-refractivity contribution in [2.75, 3.05) is 0 Å². The van der Waals surface area contributed by atoms with E-state index in [1.54, 1.807) is 4.68 Å². The molecule has 1 aliphatic carbocycles. The predicted molar refractivity (Wildman–Crippen MR) is 76.1 cm³/mol. The summed E-state index contributed by atoms with van der Waals surface area (Å²) in [4.78, 5) is 0. The number of aromatic nitrogens is 3. The molecule has 5 nitrogen and oxygen atoms in total. The van der Waals surface area contributed by atoms with Gasteiger partial charge in [-0.3, -0.25) is 11.3 Å². The zero-order valence-electron chi connectivity index (χ0n) is 10.7. The number of aryl methyl sites for hydroxylation is 1. The molecule has 0 aliphatic heterocycles. The number of nitrogens with two attached hydrogens (primary N) is 1. The van der Waals surface area contributed by atoms with Gasteiger partial charge in [0.15, 0.2) is 4.60 Å². The van der Waals surface area contributed by atoms with Crippen LogP contribution < -0.4 is 11.3 Å². The summed E-state index contributed by atoms with van der Waals surface area (Å²) in [6.45, 7) is 0. The van der Waals surface area contributed by atoms with Crippen LogP contribution >= 0.6 is 15.9 Å². The molecule has 1 heterocycles. The van der Waals surface area contributed by atoms with E-state index in [0.717, 1.165) is 23.1 Å². The Morgan fingerprint density at radius 2 is 2.00 bits per heavy atom. The summed E-state index contributed by atoms with van der Waals surface area (Å²) in [5.74, 6) is 6.20. The van der Waals surface area contributed by atoms with E-state index in [0.29, 0.717) is 5.92 Å². The second-order valence-corrected chi connectivity index (χ2v) is 5.72. The van der Waals surface area contributed by atoms with Crippen LogP contribution in [-0.4, -0.2) is 15.0 Å². The zero-order valence-corrected chi connectivity index (χ0v) is 12.3. The van der Waals surface area contributed by atoms with Crippen molar-refractivity contribution >= 4 is 15.9 Å². The Hall–Kier alpha value is -1.24. The molecule has 100 valence electrons. The van der Waals surface area contributed by atoms with Crippen molar-refractivity contribution in [3.05, 3.63) is 45.7 Å². The van der Waals surface area contributed by atoms with Crippen molar-refractivity contribution in [3.8, 4) is 0 Å². The smallest absolute Gasteiger partial charge is 0.153 e. The van der Waals surface area contributed by atoms with Gasteiger partial charge in [-0.15, -0.1) is 5.10 Å². The van der Waals surface area contributed by atoms with E-state index >= 15 is 0 Å². The Morgan fingerprint density at radius 1 is 1.37 bits per heavy atom. The number of halogens is 1. The molecule has 3 N–H and O–H groups in total. The lowest BCUT2D eigenvalue weighted by Crippen LogP contribution is -2.35. The Bertz CT molecular complexity index is 550. The summed E-state index contributed by atoms with van der Waals surface area (Å²) in [5, 5.41) is 8.07. The number of benzene rings is 1. The lowest BCUT2D eigenvalue weighted by Gasteiger charge is -2.22. The molecule has 0 fully saturated rings. The van der Waals surface area contributed by atoms with E-state index in [4.69, 9.17) is 5.84 Å². The maximum absolute atomic E-state index is 5.78. The molecule has 3 rings (SSSR count). The standard InChI is InChI=1S/C13H16BrN5/c1-19-12(13(14)17-18-19)11(16-15)10-6-8-4-2-3-5-9(8)7-10/h2-5,10-11,16H,6-7,15H2,1H3. The number of nitrogens with one attached hydrogen (secondary N) is 1. The van der Waals surface area contributed by atoms with Gasteiger partial charge >= 0.3 is 0 Å². The molecule has 19 heavy (non-hydrogen) atoms. The molecule has 1 aliphatic rings. The summed E-state index contributed by atoms with van der Waals surface area (Å²) >= 11 is 3.45. The average molecular weight is 322 g/mol. The van der Waals surface area contributed by atoms with Gasteiger partial charge in [-0.25, -0.2) is 4.68 Å². The quantitative estimate of drug-likeness (QED) is 0.664. The SMILES string of the molecule is Cn1nnc(Br)c1C(NN)C1Cc2ccccc2C1. The monoisotopic (exact) mass is 321 g/mol. The number of rotatable bonds is 3. The summed E-state index contributed by atoms with van der Waals surface area (Å²) in [7, 11) is 1.89. The maximum atomic E-state index is 5.78. The molecule has 6 heteroatoms. The Balaban J connectivity index is 1.90. The van der Waals surface area contributed by atoms with Crippen LogP contribution in [0.5, 0.6) is 0 Å². The molecule has 1 unspecified atom stereocenters. The Kier molecular flexibility index (Phi) is 3.38. The first-order valence-electron chi connectivity index (χ1n) is 6.28. The van der Waals surface area contributed by atoms with Crippen molar-refractivity contribution in [3.63, 3.8) is 0 Å². The highest BCUT2D eigenvalue weighted by Crippen LogP contribution is 2.36. The third-order valence-corrected chi connectivity index (χ3v) is 4.42. The van der Waals surface area contributed by atoms with Gasteiger partial charge in [0.1, 0.15) is 0 Å². The minimum absolute atomic E-state index is 0.0433. The number of fused-ring (bicyclic) bond motifs is 1. The van der Waals surface area contributed by atoms with E-state index < -0.39 is 0 Å². The second-order valence-electron chi connectivity index (χ2n) is 4.97. The van der Waals surface area contributed by atoms with E-state index in [1.165, 1.54) is 11.1 Å². The molecule has 0 bridgehead atoms. The van der Waals surface area contributed by atoms with Crippen LogP contribution in [0, 0.1) is 5.92 Å². The first-order chi connectivity index (χ1) is 9.20. The molecule has 1 atom stereocenters. The fourth-order valence-electron chi connectivity index (χ4n) is 2.94. The van der Waals surface area contributed by atoms with Gasteiger partial charge in [0.25, 0.3) is 0 Å². The lowest BCUT2D eigenvalue weighted by molar-refractivity contribution is 0.360. The fraction of sp³-hybridized carbons (Fsp3) is 0.385. The first kappa shape index (κ1) is 12.8. The van der Waals surface area contributed by atoms with Gasteiger partial charge < -0.3 is 0 Å². The Morgan fingerprint density at radius 3 is 2.47 bits per heavy atom. The summed E-state index contributed by atoms with van der Waals surface area (Å²) in [6.07, 6.45) is 2.06. The normalized spacial score (nSPS) is 16.6. The number of hydrogen-bond acceptors (Lipinski definition) is 4. The van der Waals surface area contributed by atoms with Gasteiger partial charge in [0.05, 0.1) is 11.7 Å². The molecule has 0 spiro atoms. The third-order valence-electron chi connectivity index (χ3n) is 3.85. The van der Waals surface area contributed by atoms with Crippen LogP contribution in [0.15, 0.2) is 28.9 Å².